The Bertz CT molecular complexity index is 546. The smallest absolute Gasteiger partial charge is 0.293 e. The fourth-order valence-corrected chi connectivity index (χ4v) is 1.76. The first-order chi connectivity index (χ1) is 7.16. The van der Waals surface area contributed by atoms with E-state index >= 15 is 0 Å². The molecule has 1 aromatic heterocycles. The summed E-state index contributed by atoms with van der Waals surface area (Å²) in [6.07, 6.45) is 1.96. The normalized spacial score (nSPS) is 16.1. The highest BCUT2D eigenvalue weighted by atomic mass is 19.2. The van der Waals surface area contributed by atoms with Gasteiger partial charge in [-0.3, -0.25) is 0 Å². The average Bonchev–Trinajstić information content (AvgIpc) is 2.95. The van der Waals surface area contributed by atoms with Crippen LogP contribution in [0.25, 0.3) is 11.1 Å². The van der Waals surface area contributed by atoms with E-state index in [0.717, 1.165) is 12.8 Å². The number of nitrogens with zero attached hydrogens (tertiary/aromatic N) is 1. The number of benzene rings is 1. The zero-order chi connectivity index (χ0) is 10.6. The van der Waals surface area contributed by atoms with E-state index < -0.39 is 11.6 Å². The van der Waals surface area contributed by atoms with E-state index in [0.29, 0.717) is 11.1 Å². The molecule has 0 atom stereocenters. The predicted molar refractivity (Wildman–Crippen MR) is 50.3 cm³/mol. The van der Waals surface area contributed by atoms with Gasteiger partial charge in [-0.05, 0) is 30.4 Å². The molecule has 1 fully saturated rings. The molecule has 0 spiro atoms. The Morgan fingerprint density at radius 3 is 2.80 bits per heavy atom. The van der Waals surface area contributed by atoms with Crippen LogP contribution in [0.1, 0.15) is 24.3 Å². The summed E-state index contributed by atoms with van der Waals surface area (Å²) in [7, 11) is 0. The number of nitrogens with two attached hydrogens (primary N) is 1. The van der Waals surface area contributed by atoms with Crippen molar-refractivity contribution in [2.75, 3.05) is 5.73 Å². The fraction of sp³-hybridized carbons (Fsp3) is 0.300. The number of hydrogen-bond acceptors (Lipinski definition) is 3. The zero-order valence-electron chi connectivity index (χ0n) is 7.76. The van der Waals surface area contributed by atoms with E-state index in [-0.39, 0.29) is 17.5 Å². The number of aromatic nitrogens is 1. The van der Waals surface area contributed by atoms with Gasteiger partial charge < -0.3 is 10.2 Å². The monoisotopic (exact) mass is 210 g/mol. The van der Waals surface area contributed by atoms with Gasteiger partial charge in [-0.25, -0.2) is 4.39 Å². The minimum Gasteiger partial charge on any atom is -0.420 e. The second-order valence-corrected chi connectivity index (χ2v) is 3.77. The van der Waals surface area contributed by atoms with Crippen LogP contribution in [0.3, 0.4) is 0 Å². The van der Waals surface area contributed by atoms with Crippen molar-refractivity contribution < 1.29 is 13.2 Å². The standard InChI is InChI=1S/C10H8F2N2O/c11-6-3-5(4-1-2-4)8-9(7(6)12)15-10(13)14-8/h3-4H,1-2H2,(H2,13,14). The Balaban J connectivity index is 2.38. The van der Waals surface area contributed by atoms with Crippen LogP contribution in [-0.4, -0.2) is 4.98 Å². The number of hydrogen-bond donors (Lipinski definition) is 1. The van der Waals surface area contributed by atoms with Gasteiger partial charge in [0.05, 0.1) is 0 Å². The van der Waals surface area contributed by atoms with Gasteiger partial charge in [0.2, 0.25) is 5.82 Å². The van der Waals surface area contributed by atoms with E-state index in [9.17, 15) is 8.78 Å². The first-order valence-electron chi connectivity index (χ1n) is 4.70. The highest BCUT2D eigenvalue weighted by Crippen LogP contribution is 2.44. The second-order valence-electron chi connectivity index (χ2n) is 3.77. The fourth-order valence-electron chi connectivity index (χ4n) is 1.76. The Morgan fingerprint density at radius 2 is 2.13 bits per heavy atom. The van der Waals surface area contributed by atoms with E-state index in [1.54, 1.807) is 0 Å². The minimum atomic E-state index is -1.02. The molecule has 0 unspecified atom stereocenters. The van der Waals surface area contributed by atoms with Crippen LogP contribution in [0.4, 0.5) is 14.8 Å². The predicted octanol–water partition coefficient (Wildman–Crippen LogP) is 2.57. The number of halogens is 2. The molecule has 15 heavy (non-hydrogen) atoms. The number of rotatable bonds is 1. The molecule has 1 heterocycles. The Kier molecular flexibility index (Phi) is 1.55. The number of oxazole rings is 1. The summed E-state index contributed by atoms with van der Waals surface area (Å²) in [6, 6.07) is 1.06. The lowest BCUT2D eigenvalue weighted by molar-refractivity contribution is 0.493. The van der Waals surface area contributed by atoms with E-state index in [2.05, 4.69) is 4.98 Å². The molecule has 1 aliphatic carbocycles. The Hall–Kier alpha value is -1.65. The van der Waals surface area contributed by atoms with Crippen molar-refractivity contribution in [1.82, 2.24) is 4.98 Å². The molecule has 1 aromatic carbocycles. The minimum absolute atomic E-state index is 0.128. The molecule has 0 aliphatic heterocycles. The van der Waals surface area contributed by atoms with Crippen LogP contribution in [-0.2, 0) is 0 Å². The van der Waals surface area contributed by atoms with Crippen molar-refractivity contribution in [3.8, 4) is 0 Å². The van der Waals surface area contributed by atoms with Crippen molar-refractivity contribution >= 4 is 17.1 Å². The topological polar surface area (TPSA) is 52.0 Å². The van der Waals surface area contributed by atoms with Gasteiger partial charge in [-0.1, -0.05) is 0 Å². The highest BCUT2D eigenvalue weighted by Gasteiger charge is 2.29. The molecule has 0 saturated heterocycles. The molecule has 0 bridgehead atoms. The third-order valence-corrected chi connectivity index (χ3v) is 2.63. The molecule has 2 N–H and O–H groups in total. The summed E-state index contributed by atoms with van der Waals surface area (Å²) in [5.41, 5.74) is 6.21. The van der Waals surface area contributed by atoms with Gasteiger partial charge in [-0.15, -0.1) is 0 Å². The zero-order valence-corrected chi connectivity index (χ0v) is 7.76. The first kappa shape index (κ1) is 8.64. The lowest BCUT2D eigenvalue weighted by Gasteiger charge is -2.00. The molecule has 5 heteroatoms. The summed E-state index contributed by atoms with van der Waals surface area (Å²) in [5, 5.41) is 0. The van der Waals surface area contributed by atoms with Crippen molar-refractivity contribution in [2.45, 2.75) is 18.8 Å². The summed E-state index contributed by atoms with van der Waals surface area (Å²) < 4.78 is 31.4. The number of fused-ring (bicyclic) bond motifs is 1. The summed E-state index contributed by atoms with van der Waals surface area (Å²) in [4.78, 5) is 3.88. The van der Waals surface area contributed by atoms with Crippen molar-refractivity contribution in [2.24, 2.45) is 0 Å². The molecule has 3 rings (SSSR count). The number of anilines is 1. The van der Waals surface area contributed by atoms with Crippen LogP contribution >= 0.6 is 0 Å². The van der Waals surface area contributed by atoms with Gasteiger partial charge >= 0.3 is 0 Å². The Morgan fingerprint density at radius 1 is 1.40 bits per heavy atom. The van der Waals surface area contributed by atoms with E-state index in [1.807, 2.05) is 0 Å². The molecular weight excluding hydrogens is 202 g/mol. The maximum atomic E-state index is 13.3. The third kappa shape index (κ3) is 1.19. The number of nitrogen functional groups attached to an aromatic ring is 1. The molecule has 2 aromatic rings. The highest BCUT2D eigenvalue weighted by molar-refractivity contribution is 5.79. The van der Waals surface area contributed by atoms with Gasteiger partial charge in [0.1, 0.15) is 5.52 Å². The van der Waals surface area contributed by atoms with Crippen LogP contribution in [0.2, 0.25) is 0 Å². The van der Waals surface area contributed by atoms with Crippen LogP contribution in [0.15, 0.2) is 10.5 Å². The maximum Gasteiger partial charge on any atom is 0.293 e. The lowest BCUT2D eigenvalue weighted by Crippen LogP contribution is -1.91. The molecule has 1 aliphatic rings. The molecule has 0 radical (unpaired) electrons. The van der Waals surface area contributed by atoms with E-state index in [4.69, 9.17) is 10.2 Å². The molecule has 3 nitrogen and oxygen atoms in total. The molecule has 78 valence electrons. The van der Waals surface area contributed by atoms with Crippen molar-refractivity contribution in [3.63, 3.8) is 0 Å². The van der Waals surface area contributed by atoms with Crippen molar-refractivity contribution in [1.29, 1.82) is 0 Å². The first-order valence-corrected chi connectivity index (χ1v) is 4.70. The van der Waals surface area contributed by atoms with Crippen LogP contribution < -0.4 is 5.73 Å². The third-order valence-electron chi connectivity index (χ3n) is 2.63. The maximum absolute atomic E-state index is 13.3. The van der Waals surface area contributed by atoms with Gasteiger partial charge in [-0.2, -0.15) is 9.37 Å². The SMILES string of the molecule is Nc1nc2c(C3CC3)cc(F)c(F)c2o1. The van der Waals surface area contributed by atoms with Crippen molar-refractivity contribution in [3.05, 3.63) is 23.3 Å². The lowest BCUT2D eigenvalue weighted by atomic mass is 10.1. The van der Waals surface area contributed by atoms with Gasteiger partial charge in [0.15, 0.2) is 11.4 Å². The average molecular weight is 210 g/mol. The molecule has 1 saturated carbocycles. The van der Waals surface area contributed by atoms with Crippen LogP contribution in [0, 0.1) is 11.6 Å². The molecule has 0 amide bonds. The summed E-state index contributed by atoms with van der Waals surface area (Å²) in [6.45, 7) is 0. The second kappa shape index (κ2) is 2.68. The Labute approximate surface area is 83.9 Å². The van der Waals surface area contributed by atoms with Gasteiger partial charge in [0, 0.05) is 0 Å². The molecular formula is C10H8F2N2O. The van der Waals surface area contributed by atoms with E-state index in [1.165, 1.54) is 6.07 Å². The largest absolute Gasteiger partial charge is 0.420 e. The summed E-state index contributed by atoms with van der Waals surface area (Å²) >= 11 is 0. The summed E-state index contributed by atoms with van der Waals surface area (Å²) in [5.74, 6) is -1.65. The quantitative estimate of drug-likeness (QED) is 0.786. The van der Waals surface area contributed by atoms with Gasteiger partial charge in [0.25, 0.3) is 6.01 Å². The van der Waals surface area contributed by atoms with Crippen LogP contribution in [0.5, 0.6) is 0 Å².